The SMILES string of the molecule is CCn1c(SC(C)C(=O)NC)nc2ccccc2c1=O. The number of fused-ring (bicyclic) bond motifs is 1. The Balaban J connectivity index is 2.52. The summed E-state index contributed by atoms with van der Waals surface area (Å²) in [5.41, 5.74) is 0.596. The van der Waals surface area contributed by atoms with Crippen LogP contribution < -0.4 is 10.9 Å². The summed E-state index contributed by atoms with van der Waals surface area (Å²) in [6, 6.07) is 7.26. The maximum atomic E-state index is 12.4. The molecule has 2 rings (SSSR count). The van der Waals surface area contributed by atoms with Crippen LogP contribution in [-0.4, -0.2) is 27.8 Å². The Hall–Kier alpha value is -1.82. The van der Waals surface area contributed by atoms with Crippen molar-refractivity contribution < 1.29 is 4.79 Å². The molecule has 1 aromatic carbocycles. The highest BCUT2D eigenvalue weighted by atomic mass is 32.2. The van der Waals surface area contributed by atoms with Gasteiger partial charge in [-0.1, -0.05) is 23.9 Å². The Kier molecular flexibility index (Phi) is 4.44. The van der Waals surface area contributed by atoms with Crippen LogP contribution in [0.1, 0.15) is 13.8 Å². The third kappa shape index (κ3) is 2.70. The zero-order chi connectivity index (χ0) is 14.7. The molecule has 1 N–H and O–H groups in total. The molecule has 0 aliphatic carbocycles. The summed E-state index contributed by atoms with van der Waals surface area (Å²) in [7, 11) is 1.60. The quantitative estimate of drug-likeness (QED) is 0.687. The van der Waals surface area contributed by atoms with Gasteiger partial charge in [0.05, 0.1) is 16.2 Å². The highest BCUT2D eigenvalue weighted by Gasteiger charge is 2.17. The van der Waals surface area contributed by atoms with Crippen LogP contribution in [0, 0.1) is 0 Å². The minimum atomic E-state index is -0.300. The fourth-order valence-corrected chi connectivity index (χ4v) is 2.96. The summed E-state index contributed by atoms with van der Waals surface area (Å²) >= 11 is 1.30. The van der Waals surface area contributed by atoms with Gasteiger partial charge in [0.2, 0.25) is 5.91 Å². The first kappa shape index (κ1) is 14.6. The maximum Gasteiger partial charge on any atom is 0.262 e. The van der Waals surface area contributed by atoms with Crippen LogP contribution in [0.2, 0.25) is 0 Å². The minimum Gasteiger partial charge on any atom is -0.358 e. The molecule has 20 heavy (non-hydrogen) atoms. The van der Waals surface area contributed by atoms with Crippen molar-refractivity contribution in [3.63, 3.8) is 0 Å². The standard InChI is InChI=1S/C14H17N3O2S/c1-4-17-13(19)10-7-5-6-8-11(10)16-14(17)20-9(2)12(18)15-3/h5-9H,4H2,1-3H3,(H,15,18). The minimum absolute atomic E-state index is 0.0651. The molecule has 1 amide bonds. The summed E-state index contributed by atoms with van der Waals surface area (Å²) in [5.74, 6) is -0.0833. The normalized spacial score (nSPS) is 12.3. The van der Waals surface area contributed by atoms with Crippen molar-refractivity contribution in [3.05, 3.63) is 34.6 Å². The topological polar surface area (TPSA) is 64.0 Å². The number of benzene rings is 1. The first-order valence-corrected chi connectivity index (χ1v) is 7.34. The molecule has 0 fully saturated rings. The van der Waals surface area contributed by atoms with Crippen LogP contribution in [-0.2, 0) is 11.3 Å². The van der Waals surface area contributed by atoms with Crippen LogP contribution >= 0.6 is 11.8 Å². The lowest BCUT2D eigenvalue weighted by Gasteiger charge is -2.14. The lowest BCUT2D eigenvalue weighted by atomic mass is 10.2. The maximum absolute atomic E-state index is 12.4. The molecule has 0 saturated heterocycles. The van der Waals surface area contributed by atoms with Crippen LogP contribution in [0.5, 0.6) is 0 Å². The van der Waals surface area contributed by atoms with Crippen LogP contribution in [0.15, 0.2) is 34.2 Å². The molecule has 0 bridgehead atoms. The largest absolute Gasteiger partial charge is 0.358 e. The van der Waals surface area contributed by atoms with E-state index in [9.17, 15) is 9.59 Å². The van der Waals surface area contributed by atoms with Gasteiger partial charge in [-0.15, -0.1) is 0 Å². The van der Waals surface area contributed by atoms with E-state index in [2.05, 4.69) is 10.3 Å². The van der Waals surface area contributed by atoms with Crippen molar-refractivity contribution in [1.82, 2.24) is 14.9 Å². The van der Waals surface area contributed by atoms with Crippen molar-refractivity contribution in [2.75, 3.05) is 7.05 Å². The van der Waals surface area contributed by atoms with Crippen molar-refractivity contribution in [1.29, 1.82) is 0 Å². The monoisotopic (exact) mass is 291 g/mol. The summed E-state index contributed by atoms with van der Waals surface area (Å²) in [6.45, 7) is 4.22. The zero-order valence-corrected chi connectivity index (χ0v) is 12.5. The molecule has 1 aromatic heterocycles. The van der Waals surface area contributed by atoms with E-state index in [4.69, 9.17) is 0 Å². The highest BCUT2D eigenvalue weighted by molar-refractivity contribution is 8.00. The molecule has 1 unspecified atom stereocenters. The Bertz CT molecular complexity index is 696. The van der Waals surface area contributed by atoms with Gasteiger partial charge in [-0.3, -0.25) is 14.2 Å². The number of nitrogens with one attached hydrogen (secondary N) is 1. The number of para-hydroxylation sites is 1. The molecule has 5 nitrogen and oxygen atoms in total. The Morgan fingerprint density at radius 3 is 2.80 bits per heavy atom. The van der Waals surface area contributed by atoms with Crippen molar-refractivity contribution in [2.45, 2.75) is 30.8 Å². The zero-order valence-electron chi connectivity index (χ0n) is 11.7. The van der Waals surface area contributed by atoms with E-state index in [-0.39, 0.29) is 16.7 Å². The van der Waals surface area contributed by atoms with Crippen LogP contribution in [0.25, 0.3) is 10.9 Å². The second kappa shape index (κ2) is 6.09. The predicted molar refractivity (Wildman–Crippen MR) is 81.1 cm³/mol. The van der Waals surface area contributed by atoms with E-state index in [1.165, 1.54) is 11.8 Å². The predicted octanol–water partition coefficient (Wildman–Crippen LogP) is 1.64. The second-order valence-electron chi connectivity index (χ2n) is 4.34. The molecule has 1 atom stereocenters. The number of carbonyl (C=O) groups is 1. The number of rotatable bonds is 4. The van der Waals surface area contributed by atoms with Crippen molar-refractivity contribution >= 4 is 28.6 Å². The number of hydrogen-bond acceptors (Lipinski definition) is 4. The van der Waals surface area contributed by atoms with Gasteiger partial charge >= 0.3 is 0 Å². The molecular weight excluding hydrogens is 274 g/mol. The molecule has 6 heteroatoms. The van der Waals surface area contributed by atoms with E-state index in [1.807, 2.05) is 25.1 Å². The van der Waals surface area contributed by atoms with Crippen molar-refractivity contribution in [2.24, 2.45) is 0 Å². The summed E-state index contributed by atoms with van der Waals surface area (Å²) in [4.78, 5) is 28.5. The molecule has 0 radical (unpaired) electrons. The molecule has 2 aromatic rings. The Morgan fingerprint density at radius 2 is 2.15 bits per heavy atom. The van der Waals surface area contributed by atoms with Gasteiger partial charge < -0.3 is 5.32 Å². The molecular formula is C14H17N3O2S. The van der Waals surface area contributed by atoms with Gasteiger partial charge in [-0.05, 0) is 26.0 Å². The molecule has 0 spiro atoms. The van der Waals surface area contributed by atoms with Gasteiger partial charge in [-0.25, -0.2) is 4.98 Å². The summed E-state index contributed by atoms with van der Waals surface area (Å²) < 4.78 is 1.60. The highest BCUT2D eigenvalue weighted by Crippen LogP contribution is 2.22. The number of carbonyl (C=O) groups excluding carboxylic acids is 1. The number of amides is 1. The fraction of sp³-hybridized carbons (Fsp3) is 0.357. The van der Waals surface area contributed by atoms with Crippen LogP contribution in [0.4, 0.5) is 0 Å². The smallest absolute Gasteiger partial charge is 0.262 e. The Labute approximate surface area is 121 Å². The van der Waals surface area contributed by atoms with E-state index >= 15 is 0 Å². The summed E-state index contributed by atoms with van der Waals surface area (Å²) in [6.07, 6.45) is 0. The molecule has 0 saturated carbocycles. The van der Waals surface area contributed by atoms with E-state index in [0.29, 0.717) is 22.6 Å². The first-order chi connectivity index (χ1) is 9.58. The van der Waals surface area contributed by atoms with Gasteiger partial charge in [0.15, 0.2) is 5.16 Å². The Morgan fingerprint density at radius 1 is 1.45 bits per heavy atom. The third-order valence-corrected chi connectivity index (χ3v) is 4.13. The van der Waals surface area contributed by atoms with E-state index in [1.54, 1.807) is 24.6 Å². The number of aromatic nitrogens is 2. The van der Waals surface area contributed by atoms with E-state index < -0.39 is 0 Å². The van der Waals surface area contributed by atoms with E-state index in [0.717, 1.165) is 0 Å². The molecule has 0 aliphatic heterocycles. The van der Waals surface area contributed by atoms with Crippen LogP contribution in [0.3, 0.4) is 0 Å². The van der Waals surface area contributed by atoms with Crippen molar-refractivity contribution in [3.8, 4) is 0 Å². The third-order valence-electron chi connectivity index (χ3n) is 3.04. The molecule has 1 heterocycles. The fourth-order valence-electron chi connectivity index (χ4n) is 1.93. The number of hydrogen-bond donors (Lipinski definition) is 1. The van der Waals surface area contributed by atoms with Gasteiger partial charge in [0, 0.05) is 13.6 Å². The van der Waals surface area contributed by atoms with Gasteiger partial charge in [0.25, 0.3) is 5.56 Å². The number of thioether (sulfide) groups is 1. The molecule has 0 aliphatic rings. The summed E-state index contributed by atoms with van der Waals surface area (Å²) in [5, 5.41) is 3.48. The van der Waals surface area contributed by atoms with Gasteiger partial charge in [0.1, 0.15) is 0 Å². The second-order valence-corrected chi connectivity index (χ2v) is 5.64. The average Bonchev–Trinajstić information content (AvgIpc) is 2.46. The lowest BCUT2D eigenvalue weighted by molar-refractivity contribution is -0.119. The first-order valence-electron chi connectivity index (χ1n) is 6.46. The van der Waals surface area contributed by atoms with Gasteiger partial charge in [-0.2, -0.15) is 0 Å². The number of nitrogens with zero attached hydrogens (tertiary/aromatic N) is 2. The molecule has 106 valence electrons. The average molecular weight is 291 g/mol. The lowest BCUT2D eigenvalue weighted by Crippen LogP contribution is -2.29.